The Balaban J connectivity index is 2.68. The molecule has 5 nitrogen and oxygen atoms in total. The molecule has 0 bridgehead atoms. The van der Waals surface area contributed by atoms with Gasteiger partial charge >= 0.3 is 0 Å². The molecule has 1 aromatic rings. The van der Waals surface area contributed by atoms with E-state index in [9.17, 15) is 14.9 Å². The highest BCUT2D eigenvalue weighted by atomic mass is 32.2. The zero-order valence-corrected chi connectivity index (χ0v) is 12.1. The highest BCUT2D eigenvalue weighted by molar-refractivity contribution is 8.00. The van der Waals surface area contributed by atoms with Crippen LogP contribution in [0, 0.1) is 10.1 Å². The number of benzene rings is 1. The van der Waals surface area contributed by atoms with Gasteiger partial charge in [-0.2, -0.15) is 0 Å². The Morgan fingerprint density at radius 3 is 2.26 bits per heavy atom. The molecule has 0 saturated carbocycles. The average Bonchev–Trinajstić information content (AvgIpc) is 2.40. The molecule has 0 heterocycles. The van der Waals surface area contributed by atoms with Gasteiger partial charge < -0.3 is 4.90 Å². The molecule has 0 aliphatic heterocycles. The molecule has 104 valence electrons. The Labute approximate surface area is 117 Å². The first kappa shape index (κ1) is 15.5. The van der Waals surface area contributed by atoms with Crippen molar-refractivity contribution in [2.45, 2.75) is 30.9 Å². The van der Waals surface area contributed by atoms with Crippen LogP contribution in [0.4, 0.5) is 5.69 Å². The summed E-state index contributed by atoms with van der Waals surface area (Å²) in [5.74, 6) is 0.0911. The molecule has 0 aliphatic carbocycles. The van der Waals surface area contributed by atoms with Crippen molar-refractivity contribution in [1.82, 2.24) is 4.90 Å². The minimum absolute atomic E-state index is 0.0621. The molecule has 0 saturated heterocycles. The summed E-state index contributed by atoms with van der Waals surface area (Å²) in [4.78, 5) is 24.8. The lowest BCUT2D eigenvalue weighted by Gasteiger charge is -2.22. The van der Waals surface area contributed by atoms with Crippen LogP contribution in [-0.4, -0.2) is 34.1 Å². The van der Waals surface area contributed by atoms with E-state index >= 15 is 0 Å². The van der Waals surface area contributed by atoms with E-state index in [1.54, 1.807) is 17.0 Å². The third-order valence-corrected chi connectivity index (χ3v) is 3.88. The van der Waals surface area contributed by atoms with Gasteiger partial charge in [-0.1, -0.05) is 0 Å². The summed E-state index contributed by atoms with van der Waals surface area (Å²) in [7, 11) is 0. The van der Waals surface area contributed by atoms with E-state index in [-0.39, 0.29) is 16.8 Å². The fourth-order valence-electron chi connectivity index (χ4n) is 1.69. The van der Waals surface area contributed by atoms with Crippen LogP contribution < -0.4 is 0 Å². The van der Waals surface area contributed by atoms with Crippen molar-refractivity contribution in [1.29, 1.82) is 0 Å². The van der Waals surface area contributed by atoms with Crippen LogP contribution in [0.2, 0.25) is 0 Å². The first-order valence-corrected chi connectivity index (χ1v) is 7.07. The minimum atomic E-state index is -0.432. The fourth-order valence-corrected chi connectivity index (χ4v) is 2.64. The first-order chi connectivity index (χ1) is 8.99. The van der Waals surface area contributed by atoms with Crippen LogP contribution in [-0.2, 0) is 4.79 Å². The Bertz CT molecular complexity index is 444. The second kappa shape index (κ2) is 7.13. The second-order valence-corrected chi connectivity index (χ2v) is 5.44. The van der Waals surface area contributed by atoms with E-state index in [4.69, 9.17) is 0 Å². The van der Waals surface area contributed by atoms with Gasteiger partial charge in [-0.3, -0.25) is 14.9 Å². The zero-order valence-electron chi connectivity index (χ0n) is 11.3. The normalized spacial score (nSPS) is 11.9. The molecular weight excluding hydrogens is 264 g/mol. The van der Waals surface area contributed by atoms with Crippen molar-refractivity contribution in [3.8, 4) is 0 Å². The van der Waals surface area contributed by atoms with Crippen LogP contribution in [0.1, 0.15) is 20.8 Å². The third-order valence-electron chi connectivity index (χ3n) is 2.78. The standard InChI is InChI=1S/C13H18N2O3S/c1-4-14(5-2)13(16)10(3)19-12-8-6-11(7-9-12)15(17)18/h6-10H,4-5H2,1-3H3. The summed E-state index contributed by atoms with van der Waals surface area (Å²) in [5.41, 5.74) is 0.0621. The number of hydrogen-bond donors (Lipinski definition) is 0. The van der Waals surface area contributed by atoms with Crippen LogP contribution in [0.5, 0.6) is 0 Å². The monoisotopic (exact) mass is 282 g/mol. The molecule has 0 fully saturated rings. The van der Waals surface area contributed by atoms with E-state index < -0.39 is 4.92 Å². The van der Waals surface area contributed by atoms with Gasteiger partial charge in [0.2, 0.25) is 5.91 Å². The Morgan fingerprint density at radius 2 is 1.84 bits per heavy atom. The van der Waals surface area contributed by atoms with Gasteiger partial charge in [0.05, 0.1) is 10.2 Å². The van der Waals surface area contributed by atoms with Crippen LogP contribution in [0.3, 0.4) is 0 Å². The highest BCUT2D eigenvalue weighted by Crippen LogP contribution is 2.26. The quantitative estimate of drug-likeness (QED) is 0.457. The number of nitro groups is 1. The Kier molecular flexibility index (Phi) is 5.82. The molecule has 1 unspecified atom stereocenters. The second-order valence-electron chi connectivity index (χ2n) is 4.02. The van der Waals surface area contributed by atoms with Gasteiger partial charge in [-0.05, 0) is 32.9 Å². The number of amides is 1. The van der Waals surface area contributed by atoms with Gasteiger partial charge in [0.25, 0.3) is 5.69 Å². The molecule has 0 spiro atoms. The summed E-state index contributed by atoms with van der Waals surface area (Å²) in [6.45, 7) is 7.14. The number of carbonyl (C=O) groups is 1. The summed E-state index contributed by atoms with van der Waals surface area (Å²) >= 11 is 1.42. The fraction of sp³-hybridized carbons (Fsp3) is 0.462. The van der Waals surface area contributed by atoms with Crippen molar-refractivity contribution in [3.05, 3.63) is 34.4 Å². The number of hydrogen-bond acceptors (Lipinski definition) is 4. The largest absolute Gasteiger partial charge is 0.342 e. The van der Waals surface area contributed by atoms with Crippen LogP contribution in [0.25, 0.3) is 0 Å². The highest BCUT2D eigenvalue weighted by Gasteiger charge is 2.19. The molecule has 6 heteroatoms. The molecule has 1 aromatic carbocycles. The molecule has 0 N–H and O–H groups in total. The van der Waals surface area contributed by atoms with Crippen LogP contribution in [0.15, 0.2) is 29.2 Å². The van der Waals surface area contributed by atoms with Crippen molar-refractivity contribution < 1.29 is 9.72 Å². The number of non-ortho nitro benzene ring substituents is 1. The van der Waals surface area contributed by atoms with E-state index in [1.165, 1.54) is 23.9 Å². The summed E-state index contributed by atoms with van der Waals surface area (Å²) < 4.78 is 0. The summed E-state index contributed by atoms with van der Waals surface area (Å²) in [5, 5.41) is 10.4. The maximum Gasteiger partial charge on any atom is 0.269 e. The molecule has 19 heavy (non-hydrogen) atoms. The lowest BCUT2D eigenvalue weighted by molar-refractivity contribution is -0.384. The third kappa shape index (κ3) is 4.24. The van der Waals surface area contributed by atoms with Crippen LogP contribution >= 0.6 is 11.8 Å². The van der Waals surface area contributed by atoms with Gasteiger partial charge in [-0.15, -0.1) is 11.8 Å². The van der Waals surface area contributed by atoms with Gasteiger partial charge in [0, 0.05) is 30.1 Å². The number of rotatable bonds is 6. The number of thioether (sulfide) groups is 1. The zero-order chi connectivity index (χ0) is 14.4. The topological polar surface area (TPSA) is 63.5 Å². The Morgan fingerprint density at radius 1 is 1.32 bits per heavy atom. The predicted molar refractivity (Wildman–Crippen MR) is 76.3 cm³/mol. The smallest absolute Gasteiger partial charge is 0.269 e. The molecule has 0 aromatic heterocycles. The van der Waals surface area contributed by atoms with E-state index in [2.05, 4.69) is 0 Å². The van der Waals surface area contributed by atoms with E-state index in [0.29, 0.717) is 13.1 Å². The lowest BCUT2D eigenvalue weighted by atomic mass is 10.3. The first-order valence-electron chi connectivity index (χ1n) is 6.19. The van der Waals surface area contributed by atoms with Gasteiger partial charge in [0.1, 0.15) is 0 Å². The van der Waals surface area contributed by atoms with Crippen molar-refractivity contribution in [2.24, 2.45) is 0 Å². The van der Waals surface area contributed by atoms with Crippen molar-refractivity contribution in [2.75, 3.05) is 13.1 Å². The molecule has 0 radical (unpaired) electrons. The minimum Gasteiger partial charge on any atom is -0.342 e. The lowest BCUT2D eigenvalue weighted by Crippen LogP contribution is -2.36. The molecule has 1 atom stereocenters. The molecule has 1 rings (SSSR count). The van der Waals surface area contributed by atoms with Gasteiger partial charge in [-0.25, -0.2) is 0 Å². The maximum absolute atomic E-state index is 12.1. The molecule has 0 aliphatic rings. The van der Waals surface area contributed by atoms with Gasteiger partial charge in [0.15, 0.2) is 0 Å². The van der Waals surface area contributed by atoms with E-state index in [0.717, 1.165) is 4.90 Å². The average molecular weight is 282 g/mol. The SMILES string of the molecule is CCN(CC)C(=O)C(C)Sc1ccc([N+](=O)[O-])cc1. The number of nitrogens with zero attached hydrogens (tertiary/aromatic N) is 2. The summed E-state index contributed by atoms with van der Waals surface area (Å²) in [6.07, 6.45) is 0. The predicted octanol–water partition coefficient (Wildman–Crippen LogP) is 2.94. The van der Waals surface area contributed by atoms with E-state index in [1.807, 2.05) is 20.8 Å². The van der Waals surface area contributed by atoms with Crippen molar-refractivity contribution >= 4 is 23.4 Å². The molecular formula is C13H18N2O3S. The molecule has 1 amide bonds. The Hall–Kier alpha value is -1.56. The summed E-state index contributed by atoms with van der Waals surface area (Å²) in [6, 6.07) is 6.26. The maximum atomic E-state index is 12.1. The number of nitro benzene ring substituents is 1. The number of carbonyl (C=O) groups excluding carboxylic acids is 1. The van der Waals surface area contributed by atoms with Crippen molar-refractivity contribution in [3.63, 3.8) is 0 Å².